The van der Waals surface area contributed by atoms with Crippen molar-refractivity contribution >= 4 is 34.1 Å². The van der Waals surface area contributed by atoms with Crippen molar-refractivity contribution in [2.24, 2.45) is 11.8 Å². The van der Waals surface area contributed by atoms with E-state index >= 15 is 0 Å². The third kappa shape index (κ3) is 4.98. The summed E-state index contributed by atoms with van der Waals surface area (Å²) in [7, 11) is 0. The minimum Gasteiger partial charge on any atom is -0.357 e. The molecule has 1 heterocycles. The van der Waals surface area contributed by atoms with E-state index in [0.29, 0.717) is 30.2 Å². The standard InChI is InChI=1S/C15H24N4OS2/c1-4-8-16-14-18-19-15(22-14)21-9-13(20)17-12-7-5-6-10(2)11(12)3/h4,10-12H,1,5-9H2,2-3H3,(H,16,18)(H,17,20). The number of carbonyl (C=O) groups excluding carboxylic acids is 1. The lowest BCUT2D eigenvalue weighted by Gasteiger charge is -2.34. The molecule has 22 heavy (non-hydrogen) atoms. The van der Waals surface area contributed by atoms with Crippen molar-refractivity contribution in [3.8, 4) is 0 Å². The number of rotatable bonds is 7. The first-order valence-electron chi connectivity index (χ1n) is 7.70. The van der Waals surface area contributed by atoms with Crippen LogP contribution in [0, 0.1) is 11.8 Å². The molecule has 1 aliphatic carbocycles. The zero-order valence-corrected chi connectivity index (χ0v) is 14.8. The Hall–Kier alpha value is -1.08. The van der Waals surface area contributed by atoms with Gasteiger partial charge in [-0.3, -0.25) is 4.79 Å². The number of nitrogens with zero attached hydrogens (tertiary/aromatic N) is 2. The first kappa shape index (κ1) is 17.3. The second-order valence-electron chi connectivity index (χ2n) is 5.77. The summed E-state index contributed by atoms with van der Waals surface area (Å²) >= 11 is 2.90. The molecule has 1 amide bonds. The van der Waals surface area contributed by atoms with Gasteiger partial charge in [-0.15, -0.1) is 16.8 Å². The fourth-order valence-electron chi connectivity index (χ4n) is 2.66. The maximum absolute atomic E-state index is 12.1. The summed E-state index contributed by atoms with van der Waals surface area (Å²) in [4.78, 5) is 12.1. The smallest absolute Gasteiger partial charge is 0.230 e. The van der Waals surface area contributed by atoms with Gasteiger partial charge in [0.05, 0.1) is 5.75 Å². The van der Waals surface area contributed by atoms with Crippen molar-refractivity contribution in [3.05, 3.63) is 12.7 Å². The highest BCUT2D eigenvalue weighted by Gasteiger charge is 2.28. The molecule has 0 saturated heterocycles. The van der Waals surface area contributed by atoms with Crippen LogP contribution in [-0.2, 0) is 4.79 Å². The quantitative estimate of drug-likeness (QED) is 0.589. The largest absolute Gasteiger partial charge is 0.357 e. The van der Waals surface area contributed by atoms with Crippen LogP contribution in [0.2, 0.25) is 0 Å². The highest BCUT2D eigenvalue weighted by molar-refractivity contribution is 8.01. The maximum atomic E-state index is 12.1. The molecule has 0 radical (unpaired) electrons. The molecule has 1 aromatic rings. The molecule has 1 aromatic heterocycles. The summed E-state index contributed by atoms with van der Waals surface area (Å²) in [5, 5.41) is 15.1. The Labute approximate surface area is 140 Å². The zero-order valence-electron chi connectivity index (χ0n) is 13.2. The first-order chi connectivity index (χ1) is 10.6. The van der Waals surface area contributed by atoms with Crippen molar-refractivity contribution in [1.29, 1.82) is 0 Å². The average molecular weight is 341 g/mol. The van der Waals surface area contributed by atoms with Gasteiger partial charge in [-0.05, 0) is 18.3 Å². The van der Waals surface area contributed by atoms with E-state index in [2.05, 4.69) is 41.3 Å². The monoisotopic (exact) mass is 340 g/mol. The molecule has 2 N–H and O–H groups in total. The highest BCUT2D eigenvalue weighted by Crippen LogP contribution is 2.30. The van der Waals surface area contributed by atoms with Crippen molar-refractivity contribution in [2.75, 3.05) is 17.6 Å². The van der Waals surface area contributed by atoms with E-state index in [1.807, 2.05) is 0 Å². The second-order valence-corrected chi connectivity index (χ2v) is 7.97. The SMILES string of the molecule is C=CCNc1nnc(SCC(=O)NC2CCCC(C)C2C)s1. The van der Waals surface area contributed by atoms with Crippen molar-refractivity contribution in [2.45, 2.75) is 43.5 Å². The Morgan fingerprint density at radius 1 is 1.45 bits per heavy atom. The zero-order chi connectivity index (χ0) is 15.9. The molecule has 3 atom stereocenters. The predicted octanol–water partition coefficient (Wildman–Crippen LogP) is 3.17. The summed E-state index contributed by atoms with van der Waals surface area (Å²) in [6.45, 7) is 8.82. The van der Waals surface area contributed by atoms with Gasteiger partial charge in [0.2, 0.25) is 11.0 Å². The van der Waals surface area contributed by atoms with Crippen molar-refractivity contribution < 1.29 is 4.79 Å². The molecule has 0 aromatic carbocycles. The number of amides is 1. The molecular formula is C15H24N4OS2. The molecule has 2 rings (SSSR count). The Morgan fingerprint density at radius 3 is 3.05 bits per heavy atom. The molecule has 0 bridgehead atoms. The number of nitrogens with one attached hydrogen (secondary N) is 2. The van der Waals surface area contributed by atoms with Gasteiger partial charge in [0.1, 0.15) is 0 Å². The van der Waals surface area contributed by atoms with E-state index in [-0.39, 0.29) is 5.91 Å². The molecule has 3 unspecified atom stereocenters. The van der Waals surface area contributed by atoms with E-state index in [0.717, 1.165) is 15.9 Å². The van der Waals surface area contributed by atoms with Crippen LogP contribution < -0.4 is 10.6 Å². The number of thioether (sulfide) groups is 1. The summed E-state index contributed by atoms with van der Waals surface area (Å²) in [5.74, 6) is 1.73. The van der Waals surface area contributed by atoms with Crippen LogP contribution in [0.1, 0.15) is 33.1 Å². The topological polar surface area (TPSA) is 66.9 Å². The summed E-state index contributed by atoms with van der Waals surface area (Å²) in [5.41, 5.74) is 0. The lowest BCUT2D eigenvalue weighted by Crippen LogP contribution is -2.44. The van der Waals surface area contributed by atoms with Gasteiger partial charge in [-0.2, -0.15) is 0 Å². The Balaban J connectivity index is 1.75. The first-order valence-corrected chi connectivity index (χ1v) is 9.50. The van der Waals surface area contributed by atoms with Gasteiger partial charge in [-0.1, -0.05) is 55.9 Å². The third-order valence-electron chi connectivity index (χ3n) is 4.18. The van der Waals surface area contributed by atoms with E-state index in [1.54, 1.807) is 6.08 Å². The number of hydrogen-bond acceptors (Lipinski definition) is 6. The van der Waals surface area contributed by atoms with Crippen molar-refractivity contribution in [3.63, 3.8) is 0 Å². The lowest BCUT2D eigenvalue weighted by atomic mass is 9.78. The van der Waals surface area contributed by atoms with Crippen LogP contribution in [0.3, 0.4) is 0 Å². The van der Waals surface area contributed by atoms with E-state index in [4.69, 9.17) is 0 Å². The van der Waals surface area contributed by atoms with Crippen LogP contribution in [-0.4, -0.2) is 34.4 Å². The molecule has 5 nitrogen and oxygen atoms in total. The van der Waals surface area contributed by atoms with Crippen LogP contribution in [0.25, 0.3) is 0 Å². The maximum Gasteiger partial charge on any atom is 0.230 e. The Morgan fingerprint density at radius 2 is 2.27 bits per heavy atom. The van der Waals surface area contributed by atoms with Gasteiger partial charge in [-0.25, -0.2) is 0 Å². The number of carbonyl (C=O) groups is 1. The minimum atomic E-state index is 0.0896. The molecule has 7 heteroatoms. The summed E-state index contributed by atoms with van der Waals surface area (Å²) in [6, 6.07) is 0.316. The Kier molecular flexibility index (Phi) is 6.70. The van der Waals surface area contributed by atoms with Crippen LogP contribution >= 0.6 is 23.1 Å². The normalized spacial score (nSPS) is 24.7. The molecule has 122 valence electrons. The molecule has 1 fully saturated rings. The van der Waals surface area contributed by atoms with Crippen LogP contribution in [0.5, 0.6) is 0 Å². The van der Waals surface area contributed by atoms with E-state index in [9.17, 15) is 4.79 Å². The molecule has 0 spiro atoms. The summed E-state index contributed by atoms with van der Waals surface area (Å²) < 4.78 is 0.812. The van der Waals surface area contributed by atoms with Gasteiger partial charge >= 0.3 is 0 Å². The molecule has 0 aliphatic heterocycles. The van der Waals surface area contributed by atoms with Gasteiger partial charge in [0.15, 0.2) is 4.34 Å². The van der Waals surface area contributed by atoms with Crippen LogP contribution in [0.15, 0.2) is 17.0 Å². The second kappa shape index (κ2) is 8.53. The van der Waals surface area contributed by atoms with Gasteiger partial charge in [0, 0.05) is 12.6 Å². The predicted molar refractivity (Wildman–Crippen MR) is 93.4 cm³/mol. The fourth-order valence-corrected chi connectivity index (χ4v) is 4.23. The third-order valence-corrected chi connectivity index (χ3v) is 6.20. The lowest BCUT2D eigenvalue weighted by molar-refractivity contribution is -0.119. The van der Waals surface area contributed by atoms with Crippen LogP contribution in [0.4, 0.5) is 5.13 Å². The van der Waals surface area contributed by atoms with Gasteiger partial charge in [0.25, 0.3) is 0 Å². The summed E-state index contributed by atoms with van der Waals surface area (Å²) in [6.07, 6.45) is 5.34. The number of hydrogen-bond donors (Lipinski definition) is 2. The van der Waals surface area contributed by atoms with Gasteiger partial charge < -0.3 is 10.6 Å². The number of anilines is 1. The highest BCUT2D eigenvalue weighted by atomic mass is 32.2. The molecule has 1 saturated carbocycles. The molecule has 1 aliphatic rings. The Bertz CT molecular complexity index is 505. The van der Waals surface area contributed by atoms with Crippen molar-refractivity contribution in [1.82, 2.24) is 15.5 Å². The fraction of sp³-hybridized carbons (Fsp3) is 0.667. The molecular weight excluding hydrogens is 316 g/mol. The van der Waals surface area contributed by atoms with E-state index in [1.165, 1.54) is 35.9 Å². The average Bonchev–Trinajstić information content (AvgIpc) is 2.96. The van der Waals surface area contributed by atoms with E-state index < -0.39 is 0 Å². The minimum absolute atomic E-state index is 0.0896. The number of aromatic nitrogens is 2.